The lowest BCUT2D eigenvalue weighted by molar-refractivity contribution is 0.0955. The molecule has 6 nitrogen and oxygen atoms in total. The van der Waals surface area contributed by atoms with Gasteiger partial charge in [0.2, 0.25) is 0 Å². The molecule has 1 saturated heterocycles. The van der Waals surface area contributed by atoms with Gasteiger partial charge in [-0.25, -0.2) is 5.43 Å². The highest BCUT2D eigenvalue weighted by molar-refractivity contribution is 5.95. The van der Waals surface area contributed by atoms with E-state index < -0.39 is 0 Å². The van der Waals surface area contributed by atoms with Crippen molar-refractivity contribution in [2.45, 2.75) is 34.2 Å². The molecule has 1 aliphatic rings. The molecule has 1 amide bonds. The van der Waals surface area contributed by atoms with E-state index in [0.29, 0.717) is 5.56 Å². The standard InChI is InChI=1S/C33H37N5O/c1-24-10-15-32(20-25(24)2)38-26(3)21-30(27(38)4)22-34-35-33(39)29-13-11-28(12-14-29)23-36-16-18-37(19-17-36)31-8-6-5-7-9-31/h5-15,20-22H,16-19,23H2,1-4H3,(H,35,39)/b34-22-. The number of hydrogen-bond acceptors (Lipinski definition) is 4. The second-order valence-corrected chi connectivity index (χ2v) is 10.4. The number of hydrogen-bond donors (Lipinski definition) is 1. The Hall–Kier alpha value is -4.16. The number of carbonyl (C=O) groups excluding carboxylic acids is 1. The first kappa shape index (κ1) is 26.4. The molecule has 0 unspecified atom stereocenters. The number of piperazine rings is 1. The fourth-order valence-electron chi connectivity index (χ4n) is 5.23. The molecule has 0 bridgehead atoms. The van der Waals surface area contributed by atoms with Crippen LogP contribution in [0.25, 0.3) is 5.69 Å². The van der Waals surface area contributed by atoms with Gasteiger partial charge in [-0.1, -0.05) is 36.4 Å². The molecule has 2 heterocycles. The summed E-state index contributed by atoms with van der Waals surface area (Å²) in [6, 6.07) is 27.0. The second kappa shape index (κ2) is 11.7. The van der Waals surface area contributed by atoms with E-state index >= 15 is 0 Å². The number of aromatic nitrogens is 1. The summed E-state index contributed by atoms with van der Waals surface area (Å²) in [6.07, 6.45) is 1.72. The molecule has 1 aromatic heterocycles. The van der Waals surface area contributed by atoms with Gasteiger partial charge in [0.15, 0.2) is 0 Å². The van der Waals surface area contributed by atoms with Gasteiger partial charge in [-0.2, -0.15) is 5.10 Å². The molecule has 200 valence electrons. The quantitative estimate of drug-likeness (QED) is 0.248. The van der Waals surface area contributed by atoms with Crippen molar-refractivity contribution in [3.8, 4) is 5.69 Å². The smallest absolute Gasteiger partial charge is 0.271 e. The highest BCUT2D eigenvalue weighted by atomic mass is 16.2. The van der Waals surface area contributed by atoms with Crippen LogP contribution in [0, 0.1) is 27.7 Å². The summed E-state index contributed by atoms with van der Waals surface area (Å²) in [4.78, 5) is 17.6. The molecule has 3 aromatic carbocycles. The number of carbonyl (C=O) groups is 1. The van der Waals surface area contributed by atoms with Crippen molar-refractivity contribution >= 4 is 17.8 Å². The molecule has 0 atom stereocenters. The maximum absolute atomic E-state index is 12.7. The summed E-state index contributed by atoms with van der Waals surface area (Å²) in [5.74, 6) is -0.211. The molecule has 0 radical (unpaired) electrons. The first-order valence-corrected chi connectivity index (χ1v) is 13.6. The van der Waals surface area contributed by atoms with Crippen molar-refractivity contribution < 1.29 is 4.79 Å². The van der Waals surface area contributed by atoms with E-state index in [1.54, 1.807) is 6.21 Å². The Balaban J connectivity index is 1.15. The Kier molecular flexibility index (Phi) is 7.94. The average Bonchev–Trinajstić information content (AvgIpc) is 3.24. The van der Waals surface area contributed by atoms with Gasteiger partial charge in [-0.05, 0) is 86.8 Å². The Morgan fingerprint density at radius 3 is 2.23 bits per heavy atom. The predicted molar refractivity (Wildman–Crippen MR) is 160 cm³/mol. The molecule has 4 aromatic rings. The van der Waals surface area contributed by atoms with Crippen LogP contribution in [0.3, 0.4) is 0 Å². The van der Waals surface area contributed by atoms with E-state index in [-0.39, 0.29) is 5.91 Å². The molecular formula is C33H37N5O. The minimum atomic E-state index is -0.211. The first-order chi connectivity index (χ1) is 18.9. The van der Waals surface area contributed by atoms with E-state index in [1.807, 2.05) is 24.3 Å². The lowest BCUT2D eigenvalue weighted by atomic mass is 10.1. The third-order valence-electron chi connectivity index (χ3n) is 7.70. The average molecular weight is 520 g/mol. The number of benzene rings is 3. The third kappa shape index (κ3) is 6.13. The highest BCUT2D eigenvalue weighted by Gasteiger charge is 2.17. The molecule has 0 spiro atoms. The van der Waals surface area contributed by atoms with Crippen LogP contribution in [-0.2, 0) is 6.54 Å². The maximum atomic E-state index is 12.7. The van der Waals surface area contributed by atoms with Crippen molar-refractivity contribution in [2.75, 3.05) is 31.1 Å². The summed E-state index contributed by atoms with van der Waals surface area (Å²) in [7, 11) is 0. The van der Waals surface area contributed by atoms with Crippen LogP contribution >= 0.6 is 0 Å². The summed E-state index contributed by atoms with van der Waals surface area (Å²) in [6.45, 7) is 13.4. The van der Waals surface area contributed by atoms with Gasteiger partial charge in [0.05, 0.1) is 6.21 Å². The van der Waals surface area contributed by atoms with Gasteiger partial charge < -0.3 is 9.47 Å². The van der Waals surface area contributed by atoms with Crippen LogP contribution in [-0.4, -0.2) is 47.8 Å². The van der Waals surface area contributed by atoms with Gasteiger partial charge in [0.1, 0.15) is 0 Å². The largest absolute Gasteiger partial charge is 0.369 e. The molecular weight excluding hydrogens is 482 g/mol. The summed E-state index contributed by atoms with van der Waals surface area (Å²) in [5.41, 5.74) is 12.7. The van der Waals surface area contributed by atoms with Crippen molar-refractivity contribution in [1.29, 1.82) is 0 Å². The minimum absolute atomic E-state index is 0.211. The van der Waals surface area contributed by atoms with Crippen molar-refractivity contribution in [3.63, 3.8) is 0 Å². The topological polar surface area (TPSA) is 52.9 Å². The van der Waals surface area contributed by atoms with Crippen molar-refractivity contribution in [2.24, 2.45) is 5.10 Å². The molecule has 0 aliphatic carbocycles. The van der Waals surface area contributed by atoms with E-state index in [9.17, 15) is 4.79 Å². The lowest BCUT2D eigenvalue weighted by Gasteiger charge is -2.36. The Morgan fingerprint density at radius 1 is 0.821 bits per heavy atom. The zero-order valence-corrected chi connectivity index (χ0v) is 23.3. The summed E-state index contributed by atoms with van der Waals surface area (Å²) >= 11 is 0. The van der Waals surface area contributed by atoms with Crippen LogP contribution in [0.15, 0.2) is 84.0 Å². The first-order valence-electron chi connectivity index (χ1n) is 13.6. The zero-order chi connectivity index (χ0) is 27.4. The van der Waals surface area contributed by atoms with Gasteiger partial charge in [0.25, 0.3) is 5.91 Å². The second-order valence-electron chi connectivity index (χ2n) is 10.4. The number of hydrazone groups is 1. The SMILES string of the molecule is Cc1ccc(-n2c(C)cc(/C=N\NC(=O)c3ccc(CN4CCN(c5ccccc5)CC4)cc3)c2C)cc1C. The molecule has 6 heteroatoms. The fourth-order valence-corrected chi connectivity index (χ4v) is 5.23. The van der Waals surface area contributed by atoms with Crippen molar-refractivity contribution in [3.05, 3.63) is 118 Å². The third-order valence-corrected chi connectivity index (χ3v) is 7.70. The Bertz CT molecular complexity index is 1460. The van der Waals surface area contributed by atoms with Gasteiger partial charge in [0, 0.05) is 66.6 Å². The predicted octanol–water partition coefficient (Wildman–Crippen LogP) is 5.80. The molecule has 39 heavy (non-hydrogen) atoms. The minimum Gasteiger partial charge on any atom is -0.369 e. The number of rotatable bonds is 7. The Labute approximate surface area is 231 Å². The summed E-state index contributed by atoms with van der Waals surface area (Å²) in [5, 5.41) is 4.26. The van der Waals surface area contributed by atoms with Gasteiger partial charge >= 0.3 is 0 Å². The van der Waals surface area contributed by atoms with E-state index in [0.717, 1.165) is 55.4 Å². The van der Waals surface area contributed by atoms with Crippen LogP contribution in [0.5, 0.6) is 0 Å². The van der Waals surface area contributed by atoms with Crippen LogP contribution in [0.2, 0.25) is 0 Å². The normalized spacial score (nSPS) is 14.2. The number of aryl methyl sites for hydroxylation is 3. The van der Waals surface area contributed by atoms with E-state index in [4.69, 9.17) is 0 Å². The zero-order valence-electron chi connectivity index (χ0n) is 23.3. The van der Waals surface area contributed by atoms with Gasteiger partial charge in [-0.15, -0.1) is 0 Å². The molecule has 0 saturated carbocycles. The molecule has 5 rings (SSSR count). The molecule has 1 aliphatic heterocycles. The van der Waals surface area contributed by atoms with Crippen LogP contribution < -0.4 is 10.3 Å². The monoisotopic (exact) mass is 519 g/mol. The molecule has 1 fully saturated rings. The Morgan fingerprint density at radius 2 is 1.54 bits per heavy atom. The van der Waals surface area contributed by atoms with Crippen LogP contribution in [0.1, 0.15) is 44.0 Å². The molecule has 1 N–H and O–H groups in total. The van der Waals surface area contributed by atoms with E-state index in [1.165, 1.54) is 22.4 Å². The number of anilines is 1. The number of nitrogens with zero attached hydrogens (tertiary/aromatic N) is 4. The lowest BCUT2D eigenvalue weighted by Crippen LogP contribution is -2.45. The van der Waals surface area contributed by atoms with Crippen LogP contribution in [0.4, 0.5) is 5.69 Å². The van der Waals surface area contributed by atoms with Gasteiger partial charge in [-0.3, -0.25) is 9.69 Å². The highest BCUT2D eigenvalue weighted by Crippen LogP contribution is 2.22. The maximum Gasteiger partial charge on any atom is 0.271 e. The van der Waals surface area contributed by atoms with Crippen molar-refractivity contribution in [1.82, 2.24) is 14.9 Å². The fraction of sp³-hybridized carbons (Fsp3) is 0.273. The number of para-hydroxylation sites is 1. The summed E-state index contributed by atoms with van der Waals surface area (Å²) < 4.78 is 2.22. The van der Waals surface area contributed by atoms with E-state index in [2.05, 4.69) is 107 Å². The number of nitrogens with one attached hydrogen (secondary N) is 1. The number of amides is 1.